The molecule has 1 amide bonds. The molecule has 1 aliphatic carbocycles. The molecule has 0 aromatic heterocycles. The van der Waals surface area contributed by atoms with E-state index in [1.54, 1.807) is 0 Å². The smallest absolute Gasteiger partial charge is 0.237 e. The topological polar surface area (TPSA) is 41.1 Å². The Morgan fingerprint density at radius 2 is 1.90 bits per heavy atom. The molecule has 0 saturated heterocycles. The van der Waals surface area contributed by atoms with Crippen LogP contribution in [-0.4, -0.2) is 18.0 Å². The molecule has 1 aromatic carbocycles. The molecule has 1 aliphatic heterocycles. The van der Waals surface area contributed by atoms with Crippen molar-refractivity contribution in [3.8, 4) is 0 Å². The molecule has 0 spiro atoms. The fraction of sp³-hybridized carbons (Fsp3) is 0.611. The van der Waals surface area contributed by atoms with Gasteiger partial charge in [0.2, 0.25) is 5.91 Å². The Kier molecular flexibility index (Phi) is 4.59. The Bertz CT molecular complexity index is 492. The Hall–Kier alpha value is -1.35. The Labute approximate surface area is 127 Å². The van der Waals surface area contributed by atoms with Crippen LogP contribution in [0.1, 0.15) is 50.2 Å². The van der Waals surface area contributed by atoms with Gasteiger partial charge in [0.15, 0.2) is 0 Å². The second kappa shape index (κ2) is 6.61. The fourth-order valence-electron chi connectivity index (χ4n) is 3.66. The van der Waals surface area contributed by atoms with Gasteiger partial charge in [0.25, 0.3) is 0 Å². The zero-order valence-corrected chi connectivity index (χ0v) is 12.9. The van der Waals surface area contributed by atoms with E-state index in [-0.39, 0.29) is 11.9 Å². The largest absolute Gasteiger partial charge is 0.352 e. The lowest BCUT2D eigenvalue weighted by molar-refractivity contribution is -0.124. The van der Waals surface area contributed by atoms with Crippen molar-refractivity contribution in [3.05, 3.63) is 35.4 Å². The molecule has 3 rings (SSSR count). The number of amides is 1. The highest BCUT2D eigenvalue weighted by Crippen LogP contribution is 2.26. The summed E-state index contributed by atoms with van der Waals surface area (Å²) in [6.07, 6.45) is 6.92. The van der Waals surface area contributed by atoms with Crippen LogP contribution in [0.5, 0.6) is 0 Å². The zero-order valence-electron chi connectivity index (χ0n) is 12.9. The summed E-state index contributed by atoms with van der Waals surface area (Å²) in [5, 5.41) is 6.64. The zero-order chi connectivity index (χ0) is 14.7. The van der Waals surface area contributed by atoms with Gasteiger partial charge in [0.1, 0.15) is 0 Å². The van der Waals surface area contributed by atoms with E-state index in [9.17, 15) is 4.79 Å². The van der Waals surface area contributed by atoms with Gasteiger partial charge in [-0.3, -0.25) is 4.79 Å². The molecule has 2 aliphatic rings. The standard InChI is InChI=1S/C18H26N2O/c1-2-13-7-9-16(10-8-13)20-18(21)17-11-14-5-3-4-6-15(14)12-19-17/h3-6,13,16-17,19H,2,7-12H2,1H3,(H,20,21)/t13?,16?,17-/m0/s1. The Balaban J connectivity index is 1.53. The number of benzene rings is 1. The lowest BCUT2D eigenvalue weighted by Gasteiger charge is -2.31. The average molecular weight is 286 g/mol. The molecule has 2 N–H and O–H groups in total. The molecule has 0 unspecified atom stereocenters. The third-order valence-corrected chi connectivity index (χ3v) is 5.17. The summed E-state index contributed by atoms with van der Waals surface area (Å²) in [7, 11) is 0. The quantitative estimate of drug-likeness (QED) is 0.897. The van der Waals surface area contributed by atoms with Crippen molar-refractivity contribution >= 4 is 5.91 Å². The van der Waals surface area contributed by atoms with Crippen LogP contribution in [0.15, 0.2) is 24.3 Å². The minimum atomic E-state index is -0.0659. The monoisotopic (exact) mass is 286 g/mol. The first-order valence-electron chi connectivity index (χ1n) is 8.36. The van der Waals surface area contributed by atoms with Crippen molar-refractivity contribution in [1.29, 1.82) is 0 Å². The summed E-state index contributed by atoms with van der Waals surface area (Å²) in [5.74, 6) is 1.06. The van der Waals surface area contributed by atoms with Crippen molar-refractivity contribution in [2.45, 2.75) is 64.1 Å². The van der Waals surface area contributed by atoms with E-state index in [4.69, 9.17) is 0 Å². The van der Waals surface area contributed by atoms with Crippen molar-refractivity contribution in [2.24, 2.45) is 5.92 Å². The highest BCUT2D eigenvalue weighted by molar-refractivity contribution is 5.82. The second-order valence-corrected chi connectivity index (χ2v) is 6.54. The molecule has 0 radical (unpaired) electrons. The third kappa shape index (κ3) is 3.46. The number of hydrogen-bond acceptors (Lipinski definition) is 2. The van der Waals surface area contributed by atoms with Gasteiger partial charge in [-0.2, -0.15) is 0 Å². The van der Waals surface area contributed by atoms with E-state index < -0.39 is 0 Å². The molecule has 1 heterocycles. The molecule has 1 aromatic rings. The molecule has 1 fully saturated rings. The van der Waals surface area contributed by atoms with Gasteiger partial charge < -0.3 is 10.6 Å². The van der Waals surface area contributed by atoms with E-state index in [0.717, 1.165) is 31.7 Å². The molecule has 0 bridgehead atoms. The number of carbonyl (C=O) groups is 1. The van der Waals surface area contributed by atoms with Gasteiger partial charge in [0, 0.05) is 12.6 Å². The number of hydrogen-bond donors (Lipinski definition) is 2. The molecule has 114 valence electrons. The summed E-state index contributed by atoms with van der Waals surface area (Å²) in [6.45, 7) is 3.07. The molecule has 3 heteroatoms. The first kappa shape index (κ1) is 14.6. The van der Waals surface area contributed by atoms with Gasteiger partial charge in [-0.05, 0) is 49.1 Å². The maximum absolute atomic E-state index is 12.5. The Morgan fingerprint density at radius 3 is 2.62 bits per heavy atom. The first-order chi connectivity index (χ1) is 10.3. The van der Waals surface area contributed by atoms with Gasteiger partial charge in [-0.15, -0.1) is 0 Å². The van der Waals surface area contributed by atoms with Crippen LogP contribution in [0.25, 0.3) is 0 Å². The van der Waals surface area contributed by atoms with E-state index >= 15 is 0 Å². The summed E-state index contributed by atoms with van der Waals surface area (Å²) in [4.78, 5) is 12.5. The van der Waals surface area contributed by atoms with Crippen LogP contribution in [0, 0.1) is 5.92 Å². The van der Waals surface area contributed by atoms with Crippen LogP contribution >= 0.6 is 0 Å². The highest BCUT2D eigenvalue weighted by atomic mass is 16.2. The average Bonchev–Trinajstić information content (AvgIpc) is 2.55. The van der Waals surface area contributed by atoms with Gasteiger partial charge in [-0.1, -0.05) is 37.6 Å². The molecule has 1 atom stereocenters. The van der Waals surface area contributed by atoms with Crippen molar-refractivity contribution < 1.29 is 4.79 Å². The predicted molar refractivity (Wildman–Crippen MR) is 85.0 cm³/mol. The summed E-state index contributed by atoms with van der Waals surface area (Å²) < 4.78 is 0. The lowest BCUT2D eigenvalue weighted by atomic mass is 9.84. The fourth-order valence-corrected chi connectivity index (χ4v) is 3.66. The number of rotatable bonds is 3. The minimum absolute atomic E-state index is 0.0659. The van der Waals surface area contributed by atoms with Crippen molar-refractivity contribution in [2.75, 3.05) is 0 Å². The van der Waals surface area contributed by atoms with Crippen molar-refractivity contribution in [1.82, 2.24) is 10.6 Å². The summed E-state index contributed by atoms with van der Waals surface area (Å²) in [6, 6.07) is 8.73. The van der Waals surface area contributed by atoms with Gasteiger partial charge >= 0.3 is 0 Å². The van der Waals surface area contributed by atoms with E-state index in [0.29, 0.717) is 6.04 Å². The Morgan fingerprint density at radius 1 is 1.19 bits per heavy atom. The molecular formula is C18H26N2O. The minimum Gasteiger partial charge on any atom is -0.352 e. The van der Waals surface area contributed by atoms with Crippen molar-refractivity contribution in [3.63, 3.8) is 0 Å². The highest BCUT2D eigenvalue weighted by Gasteiger charge is 2.27. The molecule has 1 saturated carbocycles. The number of carbonyl (C=O) groups excluding carboxylic acids is 1. The van der Waals surface area contributed by atoms with Crippen LogP contribution in [0.2, 0.25) is 0 Å². The first-order valence-corrected chi connectivity index (χ1v) is 8.36. The summed E-state index contributed by atoms with van der Waals surface area (Å²) in [5.41, 5.74) is 2.64. The third-order valence-electron chi connectivity index (χ3n) is 5.17. The van der Waals surface area contributed by atoms with Crippen LogP contribution < -0.4 is 10.6 Å². The normalized spacial score (nSPS) is 28.7. The molecule has 3 nitrogen and oxygen atoms in total. The number of nitrogens with one attached hydrogen (secondary N) is 2. The van der Waals surface area contributed by atoms with Gasteiger partial charge in [0.05, 0.1) is 6.04 Å². The SMILES string of the molecule is CCC1CCC(NC(=O)[C@@H]2Cc3ccccc3CN2)CC1. The second-order valence-electron chi connectivity index (χ2n) is 6.54. The van der Waals surface area contributed by atoms with Crippen LogP contribution in [-0.2, 0) is 17.8 Å². The maximum atomic E-state index is 12.5. The van der Waals surface area contributed by atoms with E-state index in [1.165, 1.54) is 30.4 Å². The molecule has 21 heavy (non-hydrogen) atoms. The van der Waals surface area contributed by atoms with Gasteiger partial charge in [-0.25, -0.2) is 0 Å². The molecular weight excluding hydrogens is 260 g/mol. The van der Waals surface area contributed by atoms with Crippen LogP contribution in [0.4, 0.5) is 0 Å². The number of fused-ring (bicyclic) bond motifs is 1. The predicted octanol–water partition coefficient (Wildman–Crippen LogP) is 2.79. The van der Waals surface area contributed by atoms with Crippen LogP contribution in [0.3, 0.4) is 0 Å². The maximum Gasteiger partial charge on any atom is 0.237 e. The lowest BCUT2D eigenvalue weighted by Crippen LogP contribution is -2.51. The van der Waals surface area contributed by atoms with E-state index in [2.05, 4.69) is 41.8 Å². The van der Waals surface area contributed by atoms with E-state index in [1.807, 2.05) is 0 Å². The summed E-state index contributed by atoms with van der Waals surface area (Å²) >= 11 is 0.